The second-order valence-electron chi connectivity index (χ2n) is 9.38. The fourth-order valence-corrected chi connectivity index (χ4v) is 4.08. The average molecular weight is 444 g/mol. The highest BCUT2D eigenvalue weighted by Crippen LogP contribution is 2.34. The van der Waals surface area contributed by atoms with Gasteiger partial charge in [0.2, 0.25) is 5.95 Å². The van der Waals surface area contributed by atoms with Crippen LogP contribution >= 0.6 is 0 Å². The van der Waals surface area contributed by atoms with Crippen LogP contribution in [0.15, 0.2) is 18.3 Å². The van der Waals surface area contributed by atoms with Gasteiger partial charge in [0.25, 0.3) is 0 Å². The van der Waals surface area contributed by atoms with E-state index in [0.29, 0.717) is 43.9 Å². The molecule has 0 spiro atoms. The number of aromatic nitrogens is 4. The molecule has 1 amide bonds. The molecule has 1 saturated carbocycles. The zero-order valence-electron chi connectivity index (χ0n) is 19.1. The summed E-state index contributed by atoms with van der Waals surface area (Å²) in [6.45, 7) is 7.66. The van der Waals surface area contributed by atoms with E-state index in [2.05, 4.69) is 41.8 Å². The number of carbonyl (C=O) groups excluding carboxylic acids is 1. The highest BCUT2D eigenvalue weighted by Gasteiger charge is 2.24. The van der Waals surface area contributed by atoms with Gasteiger partial charge in [-0.15, -0.1) is 0 Å². The molecule has 0 radical (unpaired) electrons. The first kappa shape index (κ1) is 22.3. The van der Waals surface area contributed by atoms with Crippen molar-refractivity contribution >= 4 is 23.7 Å². The lowest BCUT2D eigenvalue weighted by atomic mass is 10.0. The van der Waals surface area contributed by atoms with Crippen molar-refractivity contribution in [2.45, 2.75) is 64.1 Å². The first-order valence-electron chi connectivity index (χ1n) is 11.3. The molecule has 2 aromatic heterocycles. The Labute approximate surface area is 188 Å². The Kier molecular flexibility index (Phi) is 6.78. The predicted molar refractivity (Wildman–Crippen MR) is 121 cm³/mol. The molecule has 3 heterocycles. The number of alkyl carbamates (subject to hydrolysis) is 1. The number of nitrogens with one attached hydrogen (secondary N) is 3. The van der Waals surface area contributed by atoms with Crippen LogP contribution in [-0.2, 0) is 9.47 Å². The van der Waals surface area contributed by atoms with Gasteiger partial charge >= 0.3 is 6.09 Å². The smallest absolute Gasteiger partial charge is 0.407 e. The van der Waals surface area contributed by atoms with Crippen molar-refractivity contribution in [1.82, 2.24) is 25.5 Å². The monoisotopic (exact) mass is 443 g/mol. The minimum atomic E-state index is -0.531. The Morgan fingerprint density at radius 2 is 2.12 bits per heavy atom. The van der Waals surface area contributed by atoms with E-state index >= 15 is 0 Å². The maximum atomic E-state index is 11.9. The molecule has 10 heteroatoms. The van der Waals surface area contributed by atoms with Crippen LogP contribution in [0.25, 0.3) is 0 Å². The molecule has 1 saturated heterocycles. The molecule has 2 aliphatic rings. The molecule has 0 unspecified atom stereocenters. The zero-order valence-corrected chi connectivity index (χ0v) is 19.1. The largest absolute Gasteiger partial charge is 0.444 e. The molecule has 0 aromatic carbocycles. The molecule has 1 aliphatic heterocycles. The van der Waals surface area contributed by atoms with E-state index in [9.17, 15) is 4.79 Å². The van der Waals surface area contributed by atoms with Gasteiger partial charge in [0.15, 0.2) is 5.82 Å². The number of rotatable bonds is 6. The minimum Gasteiger partial charge on any atom is -0.444 e. The molecule has 32 heavy (non-hydrogen) atoms. The Balaban J connectivity index is 1.33. The number of morpholine rings is 1. The van der Waals surface area contributed by atoms with E-state index in [1.807, 2.05) is 26.8 Å². The summed E-state index contributed by atoms with van der Waals surface area (Å²) in [4.78, 5) is 23.1. The van der Waals surface area contributed by atoms with Crippen molar-refractivity contribution in [3.63, 3.8) is 0 Å². The molecule has 10 nitrogen and oxygen atoms in total. The van der Waals surface area contributed by atoms with E-state index in [4.69, 9.17) is 9.47 Å². The number of amides is 1. The highest BCUT2D eigenvalue weighted by molar-refractivity contribution is 5.67. The van der Waals surface area contributed by atoms with Crippen LogP contribution < -0.4 is 15.5 Å². The van der Waals surface area contributed by atoms with Crippen molar-refractivity contribution in [1.29, 1.82) is 0 Å². The number of nitrogens with zero attached hydrogens (tertiary/aromatic N) is 4. The summed E-state index contributed by atoms with van der Waals surface area (Å²) in [5.41, 5.74) is 0.657. The molecule has 1 aliphatic carbocycles. The normalized spacial score (nSPS) is 19.7. The number of aromatic amines is 1. The minimum absolute atomic E-state index is 0.170. The van der Waals surface area contributed by atoms with Gasteiger partial charge in [0.1, 0.15) is 11.4 Å². The standard InChI is InChI=1S/C22H33N7O3/c1-22(2,3)32-21(30)24-13-16-14-29(10-11-31-16)20-23-9-8-18(26-20)25-19-12-17(27-28-19)15-6-4-5-7-15/h8-9,12,15-16H,4-7,10-11,13-14H2,1-3H3,(H,24,30)(H2,23,25,26,27,28)/t16-/m0/s1. The summed E-state index contributed by atoms with van der Waals surface area (Å²) in [6.07, 6.45) is 6.14. The lowest BCUT2D eigenvalue weighted by Crippen LogP contribution is -2.48. The van der Waals surface area contributed by atoms with Crippen molar-refractivity contribution in [3.05, 3.63) is 24.0 Å². The fourth-order valence-electron chi connectivity index (χ4n) is 4.08. The Morgan fingerprint density at radius 1 is 1.31 bits per heavy atom. The summed E-state index contributed by atoms with van der Waals surface area (Å²) >= 11 is 0. The van der Waals surface area contributed by atoms with E-state index in [-0.39, 0.29) is 6.10 Å². The maximum Gasteiger partial charge on any atom is 0.407 e. The zero-order chi connectivity index (χ0) is 22.6. The molecule has 2 fully saturated rings. The van der Waals surface area contributed by atoms with Gasteiger partial charge in [0.05, 0.1) is 12.7 Å². The van der Waals surface area contributed by atoms with Gasteiger partial charge in [-0.05, 0) is 39.7 Å². The van der Waals surface area contributed by atoms with E-state index in [1.54, 1.807) is 6.20 Å². The number of hydrogen-bond acceptors (Lipinski definition) is 8. The molecular weight excluding hydrogens is 410 g/mol. The van der Waals surface area contributed by atoms with Crippen LogP contribution in [0, 0.1) is 0 Å². The summed E-state index contributed by atoms with van der Waals surface area (Å²) in [6, 6.07) is 3.90. The van der Waals surface area contributed by atoms with Crippen LogP contribution in [-0.4, -0.2) is 64.2 Å². The predicted octanol–water partition coefficient (Wildman–Crippen LogP) is 3.33. The second-order valence-corrected chi connectivity index (χ2v) is 9.38. The van der Waals surface area contributed by atoms with Gasteiger partial charge < -0.3 is 25.0 Å². The van der Waals surface area contributed by atoms with Crippen molar-refractivity contribution in [3.8, 4) is 0 Å². The topological polar surface area (TPSA) is 117 Å². The summed E-state index contributed by atoms with van der Waals surface area (Å²) < 4.78 is 11.1. The third-order valence-corrected chi connectivity index (χ3v) is 5.59. The van der Waals surface area contributed by atoms with Crippen LogP contribution in [0.5, 0.6) is 0 Å². The van der Waals surface area contributed by atoms with Crippen LogP contribution in [0.1, 0.15) is 58.1 Å². The second kappa shape index (κ2) is 9.72. The van der Waals surface area contributed by atoms with Gasteiger partial charge in [-0.2, -0.15) is 10.1 Å². The summed E-state index contributed by atoms with van der Waals surface area (Å²) in [5.74, 6) is 2.65. The molecule has 4 rings (SSSR count). The molecule has 1 atom stereocenters. The molecule has 2 aromatic rings. The summed E-state index contributed by atoms with van der Waals surface area (Å²) in [7, 11) is 0. The molecule has 174 valence electrons. The molecule has 3 N–H and O–H groups in total. The number of anilines is 3. The fraction of sp³-hybridized carbons (Fsp3) is 0.636. The van der Waals surface area contributed by atoms with E-state index in [1.165, 1.54) is 31.4 Å². The van der Waals surface area contributed by atoms with E-state index < -0.39 is 11.7 Å². The number of hydrogen-bond donors (Lipinski definition) is 3. The Hall–Kier alpha value is -2.88. The van der Waals surface area contributed by atoms with Crippen LogP contribution in [0.3, 0.4) is 0 Å². The lowest BCUT2D eigenvalue weighted by Gasteiger charge is -2.33. The number of ether oxygens (including phenoxy) is 2. The Bertz CT molecular complexity index is 905. The molecular formula is C22H33N7O3. The Morgan fingerprint density at radius 3 is 2.91 bits per heavy atom. The number of carbonyl (C=O) groups is 1. The van der Waals surface area contributed by atoms with Crippen LogP contribution in [0.4, 0.5) is 22.4 Å². The highest BCUT2D eigenvalue weighted by atomic mass is 16.6. The van der Waals surface area contributed by atoms with Gasteiger partial charge in [0, 0.05) is 43.5 Å². The summed E-state index contributed by atoms with van der Waals surface area (Å²) in [5, 5.41) is 13.6. The van der Waals surface area contributed by atoms with Crippen molar-refractivity contribution in [2.24, 2.45) is 0 Å². The third kappa shape index (κ3) is 6.09. The molecule has 0 bridgehead atoms. The van der Waals surface area contributed by atoms with Gasteiger partial charge in [-0.3, -0.25) is 5.10 Å². The van der Waals surface area contributed by atoms with Gasteiger partial charge in [-0.25, -0.2) is 9.78 Å². The van der Waals surface area contributed by atoms with Crippen molar-refractivity contribution < 1.29 is 14.3 Å². The first-order chi connectivity index (χ1) is 15.4. The van der Waals surface area contributed by atoms with Gasteiger partial charge in [-0.1, -0.05) is 12.8 Å². The third-order valence-electron chi connectivity index (χ3n) is 5.59. The maximum absolute atomic E-state index is 11.9. The van der Waals surface area contributed by atoms with Crippen LogP contribution in [0.2, 0.25) is 0 Å². The SMILES string of the molecule is CC(C)(C)OC(=O)NC[C@H]1CN(c2nccc(Nc3cc(C4CCCC4)[nH]n3)n2)CCO1. The number of H-pyrrole nitrogens is 1. The average Bonchev–Trinajstić information content (AvgIpc) is 3.43. The lowest BCUT2D eigenvalue weighted by molar-refractivity contribution is 0.0280. The quantitative estimate of drug-likeness (QED) is 0.622. The van der Waals surface area contributed by atoms with E-state index in [0.717, 1.165) is 5.82 Å². The van der Waals surface area contributed by atoms with Crippen molar-refractivity contribution in [2.75, 3.05) is 36.5 Å². The first-order valence-corrected chi connectivity index (χ1v) is 11.3.